The molecule has 0 spiro atoms. The van der Waals surface area contributed by atoms with Gasteiger partial charge in [-0.15, -0.1) is 0 Å². The van der Waals surface area contributed by atoms with Gasteiger partial charge in [0, 0.05) is 111 Å². The molecule has 798 valence electrons. The van der Waals surface area contributed by atoms with E-state index in [1.54, 1.807) is 103 Å². The zero-order valence-electron chi connectivity index (χ0n) is 90.0. The van der Waals surface area contributed by atoms with E-state index >= 15 is 0 Å². The third-order valence-electron chi connectivity index (χ3n) is 43.3. The smallest absolute Gasteiger partial charge is 0.0714 e. The molecule has 0 aromatic rings. The summed E-state index contributed by atoms with van der Waals surface area (Å²) in [6.45, 7) is 19.0. The van der Waals surface area contributed by atoms with Gasteiger partial charge in [-0.1, -0.05) is 122 Å². The van der Waals surface area contributed by atoms with Crippen molar-refractivity contribution >= 4 is 11.8 Å². The molecule has 22 atom stereocenters. The number of morpholine rings is 1. The van der Waals surface area contributed by atoms with Crippen molar-refractivity contribution < 1.29 is 23.7 Å². The van der Waals surface area contributed by atoms with Crippen LogP contribution in [-0.4, -0.2) is 233 Å². The topological polar surface area (TPSA) is 140 Å². The average molecular weight is 1950 g/mol. The molecular weight excluding hydrogens is 1730 g/mol. The Morgan fingerprint density at radius 2 is 0.532 bits per heavy atom. The maximum absolute atomic E-state index is 5.60. The summed E-state index contributed by atoms with van der Waals surface area (Å²) in [7, 11) is 0. The first-order chi connectivity index (χ1) is 68.6. The number of piperidine rings is 9. The fourth-order valence-corrected chi connectivity index (χ4v) is 35.5. The Morgan fingerprint density at radius 1 is 0.187 bits per heavy atom. The summed E-state index contributed by atoms with van der Waals surface area (Å²) < 4.78 is 27.3. The van der Waals surface area contributed by atoms with Crippen molar-refractivity contribution in [2.24, 2.45) is 82.9 Å². The van der Waals surface area contributed by atoms with Gasteiger partial charge in [0.2, 0.25) is 0 Å². The lowest BCUT2D eigenvalue weighted by Crippen LogP contribution is -2.41. The lowest BCUT2D eigenvalue weighted by molar-refractivity contribution is -0.0615. The molecule has 27 heterocycles. The van der Waals surface area contributed by atoms with E-state index < -0.39 is 0 Å². The molecule has 40 aliphatic rings. The van der Waals surface area contributed by atoms with Crippen molar-refractivity contribution in [1.29, 1.82) is 0 Å². The van der Waals surface area contributed by atoms with Gasteiger partial charge in [-0.2, -0.15) is 11.8 Å². The van der Waals surface area contributed by atoms with E-state index in [4.69, 9.17) is 23.7 Å². The number of nitrogens with zero attached hydrogens (tertiary/aromatic N) is 3. The number of ether oxygens (including phenoxy) is 5. The van der Waals surface area contributed by atoms with Crippen LogP contribution in [0.5, 0.6) is 0 Å². The third-order valence-corrected chi connectivity index (χ3v) is 44.9. The van der Waals surface area contributed by atoms with E-state index in [1.807, 2.05) is 0 Å². The van der Waals surface area contributed by atoms with Crippen molar-refractivity contribution in [3.63, 3.8) is 0 Å². The Labute approximate surface area is 858 Å². The van der Waals surface area contributed by atoms with Crippen molar-refractivity contribution in [3.8, 4) is 0 Å². The summed E-state index contributed by atoms with van der Waals surface area (Å²) in [5, 5.41) is 25.9. The van der Waals surface area contributed by atoms with Crippen LogP contribution in [0, 0.1) is 82.9 Å². The fourth-order valence-electron chi connectivity index (χ4n) is 34.0. The zero-order valence-corrected chi connectivity index (χ0v) is 90.8. The third kappa shape index (κ3) is 36.2. The van der Waals surface area contributed by atoms with Gasteiger partial charge in [-0.3, -0.25) is 4.90 Å². The quantitative estimate of drug-likeness (QED) is 0.124. The summed E-state index contributed by atoms with van der Waals surface area (Å²) in [5.41, 5.74) is 0. The number of fused-ring (bicyclic) bond motifs is 40. The molecule has 15 nitrogen and oxygen atoms in total. The molecule has 40 fully saturated rings. The minimum atomic E-state index is 0.587. The molecule has 22 unspecified atom stereocenters. The van der Waals surface area contributed by atoms with Crippen LogP contribution in [0.2, 0.25) is 0 Å². The molecule has 0 radical (unpaired) electrons. The van der Waals surface area contributed by atoms with Crippen LogP contribution >= 0.6 is 11.8 Å². The Hall–Kier alpha value is -0.250. The summed E-state index contributed by atoms with van der Waals surface area (Å²) >= 11 is 2.21. The number of thioether (sulfide) groups is 1. The Kier molecular flexibility index (Phi) is 44.7. The lowest BCUT2D eigenvalue weighted by Gasteiger charge is -2.38. The summed E-state index contributed by atoms with van der Waals surface area (Å²) in [5.74, 6) is 16.8. The van der Waals surface area contributed by atoms with Crippen molar-refractivity contribution in [2.45, 2.75) is 590 Å². The molecule has 13 aliphatic carbocycles. The van der Waals surface area contributed by atoms with E-state index in [0.717, 1.165) is 169 Å². The molecule has 139 heavy (non-hydrogen) atoms. The standard InChI is InChI=1S/2C8H14.7C7H13N.2C7H12O.C7H12S.C7H12.C6H11NO.2C6H11N.2C6H10O/c1-2-8-5-3-7(1)4-6-8;1-2-7-4-5-8(3-1)6-7;1-4-8-5-2-7(1)3-6-8;1-2-7-5-6(1)3-4-8-7;1-2-7-3-5-8(4-1)6-7;1-2-6-4-7(3-1)8-5-6;3*1-2-6-4-5-7(3-1)8-6;1-3-7-4-2-6(1)5-8-7;1-2-6-4-5-7(3-1)8-6;1-3-7-4-2-6(1)5-8-7;1-2-7-4-3-6(1)5-7;1-2-7-3-4-8-6(1)5-7;1-2-6-3-5(1)4-7-6;1-2-6-4-3-5(1)7-6;1-2-6-3-5(1)4-7-6;1-2-6-4-3-5(1)7-6/h2*7-8H,1-6H2;7H,1-6H2;6-8H,1-5H2;7H,1-6H2;4*6-8H,1-5H2;3*6-7H,1-5H2;6-7H,1-5H2;6H,1-5H2;2*5-7H,1-4H2;2*5-6H,1-4H2. The largest absolute Gasteiger partial charge is 0.378 e. The normalized spacial score (nSPS) is 45.8. The molecule has 40 rings (SSSR count). The van der Waals surface area contributed by atoms with Crippen LogP contribution < -0.4 is 37.2 Å². The number of hydrogen-bond donors (Lipinski definition) is 7. The highest BCUT2D eigenvalue weighted by molar-refractivity contribution is 8.00. The highest BCUT2D eigenvalue weighted by Crippen LogP contribution is 2.47. The molecule has 13 saturated carbocycles. The zero-order chi connectivity index (χ0) is 93.6. The minimum absolute atomic E-state index is 0.587. The molecule has 0 amide bonds. The van der Waals surface area contributed by atoms with Gasteiger partial charge in [0.25, 0.3) is 0 Å². The lowest BCUT2D eigenvalue weighted by atomic mass is 9.71. The maximum Gasteiger partial charge on any atom is 0.0714 e. The van der Waals surface area contributed by atoms with Crippen LogP contribution in [0.1, 0.15) is 475 Å². The molecule has 27 saturated heterocycles. The second kappa shape index (κ2) is 58.0. The molecule has 0 aromatic carbocycles. The van der Waals surface area contributed by atoms with Gasteiger partial charge in [0.05, 0.1) is 49.3 Å². The Bertz CT molecular complexity index is 2360. The SMILES string of the molecule is C1CC2CC1CN2.C1CC2CC1CO2.C1CC2CCC(C1)C2.C1CC2CCC(C1)N2.C1CC2CCC(C1)N2.C1CC2CCC(C1)N2.C1CC2CCC(C1)O2.C1CC2CCC(C2)N1.C1CC2CCC1C2.C1CC2CCC1CC2.C1CC2CCC1CO2.C1CC2CCC1CS2.C1CC2CCC1N2.C1CC2CCC1O2.C1CC2CCN(C1)C2.C1CC2CNC(C1)C2.C1CN2CCC(C2)O1.C1CN2CCC1CC2. The number of hydrogen-bond acceptors (Lipinski definition) is 16. The van der Waals surface area contributed by atoms with Crippen LogP contribution in [0.15, 0.2) is 0 Å². The molecular formula is C123H220N10O5S. The maximum atomic E-state index is 5.60. The number of nitrogens with one attached hydrogen (secondary N) is 7. The monoisotopic (exact) mass is 1950 g/mol. The molecule has 0 aromatic heterocycles. The summed E-state index contributed by atoms with van der Waals surface area (Å²) in [6, 6.07) is 10.1. The average Bonchev–Trinajstić information content (AvgIpc) is 1.71. The van der Waals surface area contributed by atoms with Gasteiger partial charge in [-0.05, 0) is 494 Å². The Morgan fingerprint density at radius 3 is 0.835 bits per heavy atom. The fraction of sp³-hybridized carbons (Fsp3) is 1.00. The van der Waals surface area contributed by atoms with Crippen LogP contribution in [-0.2, 0) is 23.7 Å². The molecule has 27 aliphatic heterocycles. The van der Waals surface area contributed by atoms with E-state index in [1.165, 1.54) is 462 Å². The minimum Gasteiger partial charge on any atom is -0.378 e. The first kappa shape index (κ1) is 107. The summed E-state index contributed by atoms with van der Waals surface area (Å²) in [4.78, 5) is 7.64. The van der Waals surface area contributed by atoms with E-state index in [-0.39, 0.29) is 0 Å². The predicted molar refractivity (Wildman–Crippen MR) is 581 cm³/mol. The van der Waals surface area contributed by atoms with Gasteiger partial charge >= 0.3 is 0 Å². The molecule has 36 bridgehead atoms. The van der Waals surface area contributed by atoms with Crippen molar-refractivity contribution in [1.82, 2.24) is 51.9 Å². The number of rotatable bonds is 0. The predicted octanol–water partition coefficient (Wildman–Crippen LogP) is 25.6. The highest BCUT2D eigenvalue weighted by atomic mass is 32.2. The second-order valence-electron chi connectivity index (χ2n) is 53.8. The molecule has 7 N–H and O–H groups in total. The first-order valence-corrected chi connectivity index (χ1v) is 64.8. The van der Waals surface area contributed by atoms with Crippen molar-refractivity contribution in [3.05, 3.63) is 0 Å². The van der Waals surface area contributed by atoms with Crippen LogP contribution in [0.25, 0.3) is 0 Å². The summed E-state index contributed by atoms with van der Waals surface area (Å²) in [6.07, 6.45) is 113. The molecule has 16 heteroatoms. The van der Waals surface area contributed by atoms with Gasteiger partial charge in [0.1, 0.15) is 0 Å². The van der Waals surface area contributed by atoms with Crippen molar-refractivity contribution in [2.75, 3.05) is 104 Å². The van der Waals surface area contributed by atoms with Gasteiger partial charge in [-0.25, -0.2) is 0 Å². The van der Waals surface area contributed by atoms with Crippen LogP contribution in [0.3, 0.4) is 0 Å². The highest BCUT2D eigenvalue weighted by Gasteiger charge is 2.40. The first-order valence-electron chi connectivity index (χ1n) is 63.8. The van der Waals surface area contributed by atoms with Crippen LogP contribution in [0.4, 0.5) is 0 Å². The van der Waals surface area contributed by atoms with E-state index in [9.17, 15) is 0 Å². The van der Waals surface area contributed by atoms with E-state index in [2.05, 4.69) is 63.7 Å². The van der Waals surface area contributed by atoms with Gasteiger partial charge < -0.3 is 70.7 Å². The van der Waals surface area contributed by atoms with Gasteiger partial charge in [0.15, 0.2) is 0 Å². The second-order valence-corrected chi connectivity index (χ2v) is 55.1. The van der Waals surface area contributed by atoms with E-state index in [0.29, 0.717) is 42.7 Å². The Balaban J connectivity index is 0.0000000939.